The molecular formula is C15H19NOS. The molecule has 0 spiro atoms. The summed E-state index contributed by atoms with van der Waals surface area (Å²) in [5.41, 5.74) is 3.40. The molecule has 1 aliphatic carbocycles. The highest BCUT2D eigenvalue weighted by Crippen LogP contribution is 2.29. The Hall–Kier alpha value is -1.22. The van der Waals surface area contributed by atoms with Crippen molar-refractivity contribution < 1.29 is 4.74 Å². The molecule has 1 aromatic rings. The van der Waals surface area contributed by atoms with E-state index in [-0.39, 0.29) is 0 Å². The number of methoxy groups -OCH3 is 1. The number of hydrogen-bond donors (Lipinski definition) is 0. The minimum Gasteiger partial charge on any atom is -0.496 e. The smallest absolute Gasteiger partial charge is 0.128 e. The van der Waals surface area contributed by atoms with E-state index in [1.165, 1.54) is 5.56 Å². The van der Waals surface area contributed by atoms with Crippen molar-refractivity contribution in [2.24, 2.45) is 0 Å². The Labute approximate surface area is 113 Å². The lowest BCUT2D eigenvalue weighted by Crippen LogP contribution is -2.03. The summed E-state index contributed by atoms with van der Waals surface area (Å²) >= 11 is 1.93. The quantitative estimate of drug-likeness (QED) is 0.822. The first-order chi connectivity index (χ1) is 8.72. The van der Waals surface area contributed by atoms with E-state index in [0.717, 1.165) is 29.2 Å². The third kappa shape index (κ3) is 2.96. The van der Waals surface area contributed by atoms with Gasteiger partial charge in [-0.05, 0) is 20.3 Å². The van der Waals surface area contributed by atoms with E-state index in [4.69, 9.17) is 4.74 Å². The first kappa shape index (κ1) is 13.2. The van der Waals surface area contributed by atoms with Gasteiger partial charge in [0.2, 0.25) is 0 Å². The molecule has 0 saturated carbocycles. The van der Waals surface area contributed by atoms with Crippen molar-refractivity contribution in [3.63, 3.8) is 0 Å². The third-order valence-corrected chi connectivity index (χ3v) is 4.34. The van der Waals surface area contributed by atoms with Gasteiger partial charge in [-0.3, -0.25) is 4.98 Å². The van der Waals surface area contributed by atoms with Crippen molar-refractivity contribution >= 4 is 11.8 Å². The fourth-order valence-electron chi connectivity index (χ4n) is 2.08. The van der Waals surface area contributed by atoms with Crippen molar-refractivity contribution in [2.75, 3.05) is 7.11 Å². The van der Waals surface area contributed by atoms with Crippen LogP contribution in [-0.2, 0) is 5.75 Å². The van der Waals surface area contributed by atoms with Crippen LogP contribution in [0.4, 0.5) is 0 Å². The van der Waals surface area contributed by atoms with Gasteiger partial charge in [0.25, 0.3) is 0 Å². The van der Waals surface area contributed by atoms with Crippen LogP contribution in [0.3, 0.4) is 0 Å². The van der Waals surface area contributed by atoms with E-state index in [1.54, 1.807) is 7.11 Å². The molecule has 1 aromatic heterocycles. The van der Waals surface area contributed by atoms with Gasteiger partial charge in [0.05, 0.1) is 12.8 Å². The zero-order valence-electron chi connectivity index (χ0n) is 11.1. The Balaban J connectivity index is 2.05. The molecule has 0 aromatic carbocycles. The number of allylic oxidation sites excluding steroid dienone is 3. The Morgan fingerprint density at radius 3 is 2.89 bits per heavy atom. The third-order valence-electron chi connectivity index (χ3n) is 3.13. The summed E-state index contributed by atoms with van der Waals surface area (Å²) in [6.45, 7) is 4.12. The van der Waals surface area contributed by atoms with Crippen LogP contribution in [0, 0.1) is 13.8 Å². The number of aromatic nitrogens is 1. The monoisotopic (exact) mass is 261 g/mol. The van der Waals surface area contributed by atoms with Crippen LogP contribution in [0.5, 0.6) is 5.75 Å². The molecule has 0 radical (unpaired) electrons. The van der Waals surface area contributed by atoms with Crippen LogP contribution in [0.25, 0.3) is 0 Å². The van der Waals surface area contributed by atoms with Crippen molar-refractivity contribution in [2.45, 2.75) is 31.3 Å². The fourth-order valence-corrected chi connectivity index (χ4v) is 3.20. The minimum absolute atomic E-state index is 0.573. The van der Waals surface area contributed by atoms with Gasteiger partial charge in [-0.15, -0.1) is 11.8 Å². The second kappa shape index (κ2) is 6.10. The molecule has 96 valence electrons. The zero-order chi connectivity index (χ0) is 13.0. The summed E-state index contributed by atoms with van der Waals surface area (Å²) in [5.74, 6) is 1.91. The van der Waals surface area contributed by atoms with Gasteiger partial charge in [-0.25, -0.2) is 0 Å². The number of hydrogen-bond acceptors (Lipinski definition) is 3. The fraction of sp³-hybridized carbons (Fsp3) is 0.400. The summed E-state index contributed by atoms with van der Waals surface area (Å²) in [6, 6.07) is 0. The van der Waals surface area contributed by atoms with Crippen LogP contribution in [0.15, 0.2) is 30.5 Å². The van der Waals surface area contributed by atoms with Crippen LogP contribution in [-0.4, -0.2) is 17.3 Å². The molecule has 1 atom stereocenters. The summed E-state index contributed by atoms with van der Waals surface area (Å²) in [7, 11) is 1.72. The van der Waals surface area contributed by atoms with Gasteiger partial charge in [0.1, 0.15) is 5.75 Å². The number of pyridine rings is 1. The SMILES string of the molecule is COc1c(C)cnc(CSC2C=CC=CC2)c1C. The molecule has 3 heteroatoms. The molecule has 18 heavy (non-hydrogen) atoms. The molecule has 0 aliphatic heterocycles. The van der Waals surface area contributed by atoms with Crippen LogP contribution >= 0.6 is 11.8 Å². The maximum atomic E-state index is 5.43. The summed E-state index contributed by atoms with van der Waals surface area (Å²) in [5, 5.41) is 0.573. The van der Waals surface area contributed by atoms with Crippen LogP contribution in [0.2, 0.25) is 0 Å². The molecule has 2 nitrogen and oxygen atoms in total. The van der Waals surface area contributed by atoms with Gasteiger partial charge >= 0.3 is 0 Å². The molecule has 0 N–H and O–H groups in total. The van der Waals surface area contributed by atoms with E-state index in [1.807, 2.05) is 24.9 Å². The van der Waals surface area contributed by atoms with E-state index in [0.29, 0.717) is 5.25 Å². The van der Waals surface area contributed by atoms with Gasteiger partial charge in [-0.1, -0.05) is 24.3 Å². The number of nitrogens with zero attached hydrogens (tertiary/aromatic N) is 1. The maximum Gasteiger partial charge on any atom is 0.128 e. The highest BCUT2D eigenvalue weighted by Gasteiger charge is 2.12. The average Bonchev–Trinajstić information content (AvgIpc) is 2.40. The Bertz CT molecular complexity index is 480. The van der Waals surface area contributed by atoms with Crippen LogP contribution in [0.1, 0.15) is 23.2 Å². The predicted octanol–water partition coefficient (Wildman–Crippen LogP) is 3.82. The normalized spacial score (nSPS) is 18.1. The first-order valence-corrected chi connectivity index (χ1v) is 7.21. The Kier molecular flexibility index (Phi) is 4.48. The summed E-state index contributed by atoms with van der Waals surface area (Å²) < 4.78 is 5.43. The predicted molar refractivity (Wildman–Crippen MR) is 78.2 cm³/mol. The highest BCUT2D eigenvalue weighted by molar-refractivity contribution is 7.99. The summed E-state index contributed by atoms with van der Waals surface area (Å²) in [6.07, 6.45) is 11.7. The van der Waals surface area contributed by atoms with Gasteiger partial charge < -0.3 is 4.74 Å². The van der Waals surface area contributed by atoms with E-state index in [2.05, 4.69) is 36.2 Å². The lowest BCUT2D eigenvalue weighted by molar-refractivity contribution is 0.407. The minimum atomic E-state index is 0.573. The van der Waals surface area contributed by atoms with E-state index < -0.39 is 0 Å². The standard InChI is InChI=1S/C15H19NOS/c1-11-9-16-14(12(2)15(11)17-3)10-18-13-7-5-4-6-8-13/h4-7,9,13H,8,10H2,1-3H3. The van der Waals surface area contributed by atoms with E-state index >= 15 is 0 Å². The van der Waals surface area contributed by atoms with Gasteiger partial charge in [0.15, 0.2) is 0 Å². The van der Waals surface area contributed by atoms with Crippen molar-refractivity contribution in [1.29, 1.82) is 0 Å². The number of thioether (sulfide) groups is 1. The zero-order valence-corrected chi connectivity index (χ0v) is 12.0. The topological polar surface area (TPSA) is 22.1 Å². The molecular weight excluding hydrogens is 242 g/mol. The molecule has 0 saturated heterocycles. The molecule has 2 rings (SSSR count). The Morgan fingerprint density at radius 2 is 2.22 bits per heavy atom. The van der Waals surface area contributed by atoms with Crippen molar-refractivity contribution in [3.05, 3.63) is 47.3 Å². The number of aryl methyl sites for hydroxylation is 1. The van der Waals surface area contributed by atoms with Gasteiger partial charge in [0, 0.05) is 28.3 Å². The van der Waals surface area contributed by atoms with E-state index in [9.17, 15) is 0 Å². The molecule has 0 fully saturated rings. The highest BCUT2D eigenvalue weighted by atomic mass is 32.2. The molecule has 1 unspecified atom stereocenters. The molecule has 1 heterocycles. The summed E-state index contributed by atoms with van der Waals surface area (Å²) in [4.78, 5) is 4.53. The second-order valence-corrected chi connectivity index (χ2v) is 5.67. The molecule has 0 bridgehead atoms. The number of rotatable bonds is 4. The van der Waals surface area contributed by atoms with Crippen molar-refractivity contribution in [3.8, 4) is 5.75 Å². The van der Waals surface area contributed by atoms with Crippen molar-refractivity contribution in [1.82, 2.24) is 4.98 Å². The van der Waals surface area contributed by atoms with Crippen LogP contribution < -0.4 is 4.74 Å². The Morgan fingerprint density at radius 1 is 1.39 bits per heavy atom. The largest absolute Gasteiger partial charge is 0.496 e. The first-order valence-electron chi connectivity index (χ1n) is 6.16. The lowest BCUT2D eigenvalue weighted by atomic mass is 10.1. The maximum absolute atomic E-state index is 5.43. The lowest BCUT2D eigenvalue weighted by Gasteiger charge is -2.15. The van der Waals surface area contributed by atoms with Gasteiger partial charge in [-0.2, -0.15) is 0 Å². The molecule has 1 aliphatic rings. The average molecular weight is 261 g/mol. The second-order valence-electron chi connectivity index (χ2n) is 4.44. The number of ether oxygens (including phenoxy) is 1. The molecule has 0 amide bonds.